The first-order valence-electron chi connectivity index (χ1n) is 8.79. The molecular formula is C20H31NO2. The van der Waals surface area contributed by atoms with Gasteiger partial charge in [0.25, 0.3) is 0 Å². The minimum absolute atomic E-state index is 0.143. The molecule has 1 aromatic carbocycles. The maximum atomic E-state index is 11.7. The van der Waals surface area contributed by atoms with Gasteiger partial charge in [-0.1, -0.05) is 39.0 Å². The maximum absolute atomic E-state index is 11.7. The molecule has 3 nitrogen and oxygen atoms in total. The van der Waals surface area contributed by atoms with E-state index in [9.17, 15) is 9.90 Å². The lowest BCUT2D eigenvalue weighted by atomic mass is 9.83. The third-order valence-electron chi connectivity index (χ3n) is 4.94. The van der Waals surface area contributed by atoms with Crippen LogP contribution in [0, 0.1) is 5.41 Å². The summed E-state index contributed by atoms with van der Waals surface area (Å²) in [6, 6.07) is 6.62. The van der Waals surface area contributed by atoms with Crippen molar-refractivity contribution in [3.05, 3.63) is 34.9 Å². The molecule has 0 unspecified atom stereocenters. The van der Waals surface area contributed by atoms with Crippen LogP contribution in [0.15, 0.2) is 18.2 Å². The van der Waals surface area contributed by atoms with E-state index in [1.165, 1.54) is 36.0 Å². The molecule has 0 fully saturated rings. The number of aryl methyl sites for hydroxylation is 2. The van der Waals surface area contributed by atoms with Gasteiger partial charge in [0, 0.05) is 6.54 Å². The molecule has 1 aromatic rings. The smallest absolute Gasteiger partial charge is 0.323 e. The second-order valence-electron chi connectivity index (χ2n) is 8.36. The van der Waals surface area contributed by atoms with E-state index < -0.39 is 11.5 Å². The van der Waals surface area contributed by atoms with Crippen LogP contribution in [0.2, 0.25) is 0 Å². The molecule has 0 saturated heterocycles. The van der Waals surface area contributed by atoms with Crippen molar-refractivity contribution in [3.63, 3.8) is 0 Å². The standard InChI is InChI=1S/C20H31NO2/c1-19(2,3)11-12-20(4,18(22)23)21-14-15-9-10-16-7-5-6-8-17(16)13-15/h9-10,13,21H,5-8,11-12,14H2,1-4H3,(H,22,23)/t20-/m0/s1. The van der Waals surface area contributed by atoms with Gasteiger partial charge in [0.2, 0.25) is 0 Å². The van der Waals surface area contributed by atoms with Gasteiger partial charge in [0.1, 0.15) is 5.54 Å². The molecule has 0 heterocycles. The Morgan fingerprint density at radius 3 is 2.35 bits per heavy atom. The Morgan fingerprint density at radius 2 is 1.74 bits per heavy atom. The number of fused-ring (bicyclic) bond motifs is 1. The second kappa shape index (κ2) is 7.04. The molecule has 2 rings (SSSR count). The second-order valence-corrected chi connectivity index (χ2v) is 8.36. The summed E-state index contributed by atoms with van der Waals surface area (Å²) in [5, 5.41) is 12.9. The Bertz CT molecular complexity index is 559. The highest BCUT2D eigenvalue weighted by Gasteiger charge is 2.33. The van der Waals surface area contributed by atoms with Gasteiger partial charge in [-0.3, -0.25) is 10.1 Å². The van der Waals surface area contributed by atoms with Gasteiger partial charge in [-0.2, -0.15) is 0 Å². The number of benzene rings is 1. The van der Waals surface area contributed by atoms with Crippen LogP contribution in [0.25, 0.3) is 0 Å². The van der Waals surface area contributed by atoms with E-state index in [-0.39, 0.29) is 5.41 Å². The van der Waals surface area contributed by atoms with Crippen LogP contribution in [0.1, 0.15) is 70.1 Å². The molecule has 0 saturated carbocycles. The third kappa shape index (κ3) is 5.07. The molecule has 1 aliphatic carbocycles. The minimum atomic E-state index is -0.872. The predicted molar refractivity (Wildman–Crippen MR) is 94.7 cm³/mol. The Labute approximate surface area is 140 Å². The zero-order chi connectivity index (χ0) is 17.1. The van der Waals surface area contributed by atoms with Crippen LogP contribution in [0.5, 0.6) is 0 Å². The summed E-state index contributed by atoms with van der Waals surface area (Å²) >= 11 is 0. The first-order chi connectivity index (χ1) is 10.7. The van der Waals surface area contributed by atoms with Crippen molar-refractivity contribution in [1.82, 2.24) is 5.32 Å². The highest BCUT2D eigenvalue weighted by atomic mass is 16.4. The SMILES string of the molecule is CC(C)(C)CC[C@](C)(NCc1ccc2c(c1)CCCC2)C(=O)O. The number of nitrogens with one attached hydrogen (secondary N) is 1. The van der Waals surface area contributed by atoms with Crippen molar-refractivity contribution in [1.29, 1.82) is 0 Å². The van der Waals surface area contributed by atoms with E-state index >= 15 is 0 Å². The maximum Gasteiger partial charge on any atom is 0.323 e. The summed E-state index contributed by atoms with van der Waals surface area (Å²) in [6.07, 6.45) is 6.41. The lowest BCUT2D eigenvalue weighted by Crippen LogP contribution is -2.49. The number of hydrogen-bond acceptors (Lipinski definition) is 2. The van der Waals surface area contributed by atoms with Crippen LogP contribution < -0.4 is 5.32 Å². The van der Waals surface area contributed by atoms with Crippen LogP contribution in [-0.2, 0) is 24.2 Å². The predicted octanol–water partition coefficient (Wildman–Crippen LogP) is 4.32. The van der Waals surface area contributed by atoms with Crippen molar-refractivity contribution >= 4 is 5.97 Å². The van der Waals surface area contributed by atoms with Crippen LogP contribution in [0.4, 0.5) is 0 Å². The first kappa shape index (κ1) is 18.0. The van der Waals surface area contributed by atoms with Crippen molar-refractivity contribution in [2.24, 2.45) is 5.41 Å². The van der Waals surface area contributed by atoms with Gasteiger partial charge in [-0.05, 0) is 67.6 Å². The molecule has 0 radical (unpaired) electrons. The molecule has 1 aliphatic rings. The van der Waals surface area contributed by atoms with E-state index in [0.717, 1.165) is 12.8 Å². The molecule has 2 N–H and O–H groups in total. The average molecular weight is 317 g/mol. The molecule has 128 valence electrons. The molecule has 3 heteroatoms. The lowest BCUT2D eigenvalue weighted by molar-refractivity contribution is -0.144. The fourth-order valence-electron chi connectivity index (χ4n) is 3.09. The monoisotopic (exact) mass is 317 g/mol. The molecule has 1 atom stereocenters. The summed E-state index contributed by atoms with van der Waals surface area (Å²) in [5.41, 5.74) is 3.37. The van der Waals surface area contributed by atoms with E-state index in [1.54, 1.807) is 6.92 Å². The summed E-state index contributed by atoms with van der Waals surface area (Å²) in [6.45, 7) is 8.87. The first-order valence-corrected chi connectivity index (χ1v) is 8.79. The average Bonchev–Trinajstić information content (AvgIpc) is 2.50. The minimum Gasteiger partial charge on any atom is -0.480 e. The summed E-state index contributed by atoms with van der Waals surface area (Å²) in [7, 11) is 0. The highest BCUT2D eigenvalue weighted by Crippen LogP contribution is 2.27. The van der Waals surface area contributed by atoms with Crippen LogP contribution in [0.3, 0.4) is 0 Å². The Balaban J connectivity index is 2.02. The molecule has 23 heavy (non-hydrogen) atoms. The lowest BCUT2D eigenvalue weighted by Gasteiger charge is -2.30. The number of hydrogen-bond donors (Lipinski definition) is 2. The Hall–Kier alpha value is -1.35. The van der Waals surface area contributed by atoms with Crippen molar-refractivity contribution in [2.45, 2.75) is 78.3 Å². The Morgan fingerprint density at radius 1 is 1.09 bits per heavy atom. The normalized spacial score (nSPS) is 17.4. The number of carboxylic acid groups (broad SMARTS) is 1. The molecular weight excluding hydrogens is 286 g/mol. The zero-order valence-electron chi connectivity index (χ0n) is 15.0. The van der Waals surface area contributed by atoms with Crippen molar-refractivity contribution in [2.75, 3.05) is 0 Å². The Kier molecular flexibility index (Phi) is 5.51. The van der Waals surface area contributed by atoms with E-state index in [1.807, 2.05) is 0 Å². The number of carboxylic acids is 1. The summed E-state index contributed by atoms with van der Waals surface area (Å²) in [4.78, 5) is 11.7. The van der Waals surface area contributed by atoms with E-state index in [2.05, 4.69) is 44.3 Å². The van der Waals surface area contributed by atoms with Crippen LogP contribution >= 0.6 is 0 Å². The number of rotatable bonds is 6. The third-order valence-corrected chi connectivity index (χ3v) is 4.94. The fourth-order valence-corrected chi connectivity index (χ4v) is 3.09. The van der Waals surface area contributed by atoms with Gasteiger partial charge in [-0.15, -0.1) is 0 Å². The van der Waals surface area contributed by atoms with Gasteiger partial charge >= 0.3 is 5.97 Å². The summed E-state index contributed by atoms with van der Waals surface area (Å²) < 4.78 is 0. The highest BCUT2D eigenvalue weighted by molar-refractivity contribution is 5.78. The largest absolute Gasteiger partial charge is 0.480 e. The molecule has 0 amide bonds. The fraction of sp³-hybridized carbons (Fsp3) is 0.650. The van der Waals surface area contributed by atoms with Crippen molar-refractivity contribution in [3.8, 4) is 0 Å². The van der Waals surface area contributed by atoms with Crippen LogP contribution in [-0.4, -0.2) is 16.6 Å². The molecule has 0 aliphatic heterocycles. The molecule has 0 spiro atoms. The van der Waals surface area contributed by atoms with Gasteiger partial charge in [-0.25, -0.2) is 0 Å². The summed E-state index contributed by atoms with van der Waals surface area (Å²) in [5.74, 6) is -0.764. The van der Waals surface area contributed by atoms with Gasteiger partial charge in [0.05, 0.1) is 0 Å². The number of aliphatic carboxylic acids is 1. The quantitative estimate of drug-likeness (QED) is 0.821. The van der Waals surface area contributed by atoms with Gasteiger partial charge in [0.15, 0.2) is 0 Å². The molecule has 0 bridgehead atoms. The topological polar surface area (TPSA) is 49.3 Å². The number of carbonyl (C=O) groups is 1. The van der Waals surface area contributed by atoms with E-state index in [4.69, 9.17) is 0 Å². The van der Waals surface area contributed by atoms with Crippen molar-refractivity contribution < 1.29 is 9.90 Å². The zero-order valence-corrected chi connectivity index (χ0v) is 15.0. The van der Waals surface area contributed by atoms with E-state index in [0.29, 0.717) is 13.0 Å². The molecule has 0 aromatic heterocycles. The van der Waals surface area contributed by atoms with Gasteiger partial charge < -0.3 is 5.11 Å².